The second kappa shape index (κ2) is 5.43. The van der Waals surface area contributed by atoms with Crippen molar-refractivity contribution in [2.24, 2.45) is 0 Å². The zero-order valence-corrected chi connectivity index (χ0v) is 11.8. The first-order chi connectivity index (χ1) is 8.97. The van der Waals surface area contributed by atoms with Crippen LogP contribution in [0.25, 0.3) is 0 Å². The van der Waals surface area contributed by atoms with E-state index >= 15 is 0 Å². The predicted octanol–water partition coefficient (Wildman–Crippen LogP) is 5.36. The zero-order valence-electron chi connectivity index (χ0n) is 11.8. The Kier molecular flexibility index (Phi) is 3.89. The van der Waals surface area contributed by atoms with Crippen LogP contribution in [0.4, 0.5) is 4.39 Å². The number of benzene rings is 2. The normalized spacial score (nSPS) is 10.8. The molecule has 2 aromatic carbocycles. The fourth-order valence-electron chi connectivity index (χ4n) is 2.21. The van der Waals surface area contributed by atoms with Crippen LogP contribution in [0.1, 0.15) is 36.5 Å². The number of halogens is 1. The number of ether oxygens (including phenoxy) is 1. The number of aryl methyl sites for hydroxylation is 2. The Morgan fingerprint density at radius 1 is 0.947 bits per heavy atom. The van der Waals surface area contributed by atoms with Gasteiger partial charge >= 0.3 is 0 Å². The first kappa shape index (κ1) is 13.6. The Hall–Kier alpha value is -1.83. The molecule has 0 fully saturated rings. The van der Waals surface area contributed by atoms with E-state index in [0.717, 1.165) is 11.3 Å². The molecule has 100 valence electrons. The molecule has 0 aliphatic heterocycles. The number of rotatable bonds is 3. The Balaban J connectivity index is 2.26. The Morgan fingerprint density at radius 2 is 1.68 bits per heavy atom. The molecule has 0 unspecified atom stereocenters. The summed E-state index contributed by atoms with van der Waals surface area (Å²) >= 11 is 0. The highest BCUT2D eigenvalue weighted by Crippen LogP contribution is 2.29. The summed E-state index contributed by atoms with van der Waals surface area (Å²) in [6, 6.07) is 10.6. The second-order valence-corrected chi connectivity index (χ2v) is 5.18. The van der Waals surface area contributed by atoms with Crippen LogP contribution in [0.5, 0.6) is 11.5 Å². The van der Waals surface area contributed by atoms with Crippen LogP contribution in [0.2, 0.25) is 0 Å². The molecule has 0 aromatic heterocycles. The van der Waals surface area contributed by atoms with E-state index < -0.39 is 0 Å². The Bertz CT molecular complexity index is 588. The summed E-state index contributed by atoms with van der Waals surface area (Å²) in [7, 11) is 0. The molecule has 2 rings (SSSR count). The third-order valence-corrected chi connectivity index (χ3v) is 3.23. The first-order valence-corrected chi connectivity index (χ1v) is 6.52. The van der Waals surface area contributed by atoms with Gasteiger partial charge in [-0.2, -0.15) is 0 Å². The lowest BCUT2D eigenvalue weighted by atomic mass is 9.98. The third-order valence-electron chi connectivity index (χ3n) is 3.23. The van der Waals surface area contributed by atoms with E-state index in [4.69, 9.17) is 4.74 Å². The van der Waals surface area contributed by atoms with Gasteiger partial charge in [0.15, 0.2) is 0 Å². The van der Waals surface area contributed by atoms with Gasteiger partial charge < -0.3 is 4.74 Å². The summed E-state index contributed by atoms with van der Waals surface area (Å²) < 4.78 is 18.8. The molecule has 0 radical (unpaired) electrons. The minimum atomic E-state index is -0.240. The quantitative estimate of drug-likeness (QED) is 0.720. The van der Waals surface area contributed by atoms with E-state index in [0.29, 0.717) is 11.7 Å². The molecule has 19 heavy (non-hydrogen) atoms. The van der Waals surface area contributed by atoms with Crippen LogP contribution in [-0.2, 0) is 0 Å². The first-order valence-electron chi connectivity index (χ1n) is 6.52. The molecule has 0 saturated heterocycles. The monoisotopic (exact) mass is 258 g/mol. The van der Waals surface area contributed by atoms with Gasteiger partial charge in [0.1, 0.15) is 17.3 Å². The van der Waals surface area contributed by atoms with Crippen LogP contribution >= 0.6 is 0 Å². The minimum Gasteiger partial charge on any atom is -0.457 e. The van der Waals surface area contributed by atoms with E-state index in [1.165, 1.54) is 23.3 Å². The average molecular weight is 258 g/mol. The third kappa shape index (κ3) is 3.14. The van der Waals surface area contributed by atoms with E-state index in [9.17, 15) is 4.39 Å². The van der Waals surface area contributed by atoms with Crippen LogP contribution in [-0.4, -0.2) is 0 Å². The van der Waals surface area contributed by atoms with Crippen molar-refractivity contribution in [3.05, 3.63) is 58.9 Å². The molecule has 0 atom stereocenters. The molecular weight excluding hydrogens is 239 g/mol. The molecule has 2 aromatic rings. The molecule has 0 heterocycles. The van der Waals surface area contributed by atoms with Gasteiger partial charge in [0.25, 0.3) is 0 Å². The number of hydrogen-bond donors (Lipinski definition) is 0. The van der Waals surface area contributed by atoms with Gasteiger partial charge in [-0.1, -0.05) is 19.9 Å². The standard InChI is InChI=1S/C17H19FO/c1-11(2)16-7-6-15(10-12(16)3)19-17-8-5-14(18)9-13(17)4/h5-11H,1-4H3. The van der Waals surface area contributed by atoms with E-state index in [-0.39, 0.29) is 5.82 Å². The summed E-state index contributed by atoms with van der Waals surface area (Å²) in [4.78, 5) is 0. The summed E-state index contributed by atoms with van der Waals surface area (Å²) in [5.41, 5.74) is 3.33. The highest BCUT2D eigenvalue weighted by molar-refractivity contribution is 5.41. The maximum absolute atomic E-state index is 13.0. The van der Waals surface area contributed by atoms with E-state index in [1.54, 1.807) is 6.07 Å². The summed E-state index contributed by atoms with van der Waals surface area (Å²) in [6.07, 6.45) is 0. The zero-order chi connectivity index (χ0) is 14.0. The summed E-state index contributed by atoms with van der Waals surface area (Å²) in [6.45, 7) is 8.27. The fraction of sp³-hybridized carbons (Fsp3) is 0.294. The summed E-state index contributed by atoms with van der Waals surface area (Å²) in [5, 5.41) is 0. The average Bonchev–Trinajstić information content (AvgIpc) is 2.32. The van der Waals surface area contributed by atoms with E-state index in [1.807, 2.05) is 19.1 Å². The molecule has 0 saturated carbocycles. The van der Waals surface area contributed by atoms with E-state index in [2.05, 4.69) is 26.8 Å². The fourth-order valence-corrected chi connectivity index (χ4v) is 2.21. The van der Waals surface area contributed by atoms with Crippen LogP contribution in [0.3, 0.4) is 0 Å². The van der Waals surface area contributed by atoms with Gasteiger partial charge in [-0.15, -0.1) is 0 Å². The van der Waals surface area contributed by atoms with Gasteiger partial charge in [0.2, 0.25) is 0 Å². The Labute approximate surface area is 114 Å². The van der Waals surface area contributed by atoms with Gasteiger partial charge in [0, 0.05) is 0 Å². The molecular formula is C17H19FO. The molecule has 0 aliphatic carbocycles. The van der Waals surface area contributed by atoms with Gasteiger partial charge in [-0.3, -0.25) is 0 Å². The largest absolute Gasteiger partial charge is 0.457 e. The van der Waals surface area contributed by atoms with Crippen LogP contribution in [0, 0.1) is 19.7 Å². The lowest BCUT2D eigenvalue weighted by molar-refractivity contribution is 0.475. The summed E-state index contributed by atoms with van der Waals surface area (Å²) in [5.74, 6) is 1.74. The van der Waals surface area contributed by atoms with Gasteiger partial charge in [0.05, 0.1) is 0 Å². The van der Waals surface area contributed by atoms with Crippen molar-refractivity contribution in [2.45, 2.75) is 33.6 Å². The van der Waals surface area contributed by atoms with Crippen molar-refractivity contribution in [3.63, 3.8) is 0 Å². The van der Waals surface area contributed by atoms with Crippen molar-refractivity contribution in [1.82, 2.24) is 0 Å². The van der Waals surface area contributed by atoms with Gasteiger partial charge in [-0.25, -0.2) is 4.39 Å². The Morgan fingerprint density at radius 3 is 2.26 bits per heavy atom. The lowest BCUT2D eigenvalue weighted by Crippen LogP contribution is -1.94. The molecule has 0 N–H and O–H groups in total. The van der Waals surface area contributed by atoms with Crippen LogP contribution in [0.15, 0.2) is 36.4 Å². The van der Waals surface area contributed by atoms with Gasteiger partial charge in [-0.05, 0) is 66.8 Å². The SMILES string of the molecule is Cc1cc(F)ccc1Oc1ccc(C(C)C)c(C)c1. The van der Waals surface area contributed by atoms with Crippen molar-refractivity contribution >= 4 is 0 Å². The van der Waals surface area contributed by atoms with Crippen LogP contribution < -0.4 is 4.74 Å². The minimum absolute atomic E-state index is 0.240. The predicted molar refractivity (Wildman–Crippen MR) is 76.5 cm³/mol. The molecule has 0 amide bonds. The highest BCUT2D eigenvalue weighted by atomic mass is 19.1. The van der Waals surface area contributed by atoms with Crippen molar-refractivity contribution in [2.75, 3.05) is 0 Å². The molecule has 0 spiro atoms. The molecule has 2 heteroatoms. The molecule has 1 nitrogen and oxygen atoms in total. The van der Waals surface area contributed by atoms with Crippen molar-refractivity contribution in [1.29, 1.82) is 0 Å². The molecule has 0 aliphatic rings. The maximum Gasteiger partial charge on any atom is 0.130 e. The smallest absolute Gasteiger partial charge is 0.130 e. The number of hydrogen-bond acceptors (Lipinski definition) is 1. The maximum atomic E-state index is 13.0. The molecule has 0 bridgehead atoms. The highest BCUT2D eigenvalue weighted by Gasteiger charge is 2.07. The lowest BCUT2D eigenvalue weighted by Gasteiger charge is -2.13. The second-order valence-electron chi connectivity index (χ2n) is 5.18. The topological polar surface area (TPSA) is 9.23 Å². The van der Waals surface area contributed by atoms with Crippen molar-refractivity contribution < 1.29 is 9.13 Å². The van der Waals surface area contributed by atoms with Crippen molar-refractivity contribution in [3.8, 4) is 11.5 Å².